The third-order valence-electron chi connectivity index (χ3n) is 3.07. The Labute approximate surface area is 106 Å². The van der Waals surface area contributed by atoms with Crippen LogP contribution in [0.3, 0.4) is 0 Å². The Balaban J connectivity index is 2.87. The summed E-state index contributed by atoms with van der Waals surface area (Å²) in [6.07, 6.45) is 2.83. The first kappa shape index (κ1) is 13.7. The highest BCUT2D eigenvalue weighted by molar-refractivity contribution is 9.10. The number of nitrogens with two attached hydrogens (primary N) is 1. The first-order valence-corrected chi connectivity index (χ1v) is 6.51. The summed E-state index contributed by atoms with van der Waals surface area (Å²) in [6.45, 7) is 2.80. The van der Waals surface area contributed by atoms with Crippen molar-refractivity contribution in [1.82, 2.24) is 0 Å². The lowest BCUT2D eigenvalue weighted by molar-refractivity contribution is 0.121. The van der Waals surface area contributed by atoms with Gasteiger partial charge in [0, 0.05) is 16.4 Å². The highest BCUT2D eigenvalue weighted by atomic mass is 79.9. The molecular formula is C13H20BrNO. The maximum atomic E-state index is 9.56. The molecule has 0 aromatic heterocycles. The van der Waals surface area contributed by atoms with Gasteiger partial charge in [0.25, 0.3) is 0 Å². The Morgan fingerprint density at radius 1 is 1.38 bits per heavy atom. The summed E-state index contributed by atoms with van der Waals surface area (Å²) in [4.78, 5) is 0. The van der Waals surface area contributed by atoms with Gasteiger partial charge < -0.3 is 10.8 Å². The van der Waals surface area contributed by atoms with Gasteiger partial charge in [-0.05, 0) is 24.5 Å². The minimum atomic E-state index is -0.168. The molecule has 1 atom stereocenters. The molecule has 1 rings (SSSR count). The van der Waals surface area contributed by atoms with Gasteiger partial charge in [0.15, 0.2) is 0 Å². The fraction of sp³-hybridized carbons (Fsp3) is 0.538. The molecule has 0 aliphatic heterocycles. The Bertz CT molecular complexity index is 323. The van der Waals surface area contributed by atoms with Crippen LogP contribution in [-0.4, -0.2) is 18.3 Å². The van der Waals surface area contributed by atoms with Gasteiger partial charge in [0.1, 0.15) is 0 Å². The van der Waals surface area contributed by atoms with E-state index in [2.05, 4.69) is 28.9 Å². The molecule has 1 aromatic rings. The molecule has 16 heavy (non-hydrogen) atoms. The van der Waals surface area contributed by atoms with Crippen LogP contribution in [-0.2, 0) is 6.42 Å². The molecule has 3 heteroatoms. The summed E-state index contributed by atoms with van der Waals surface area (Å²) in [7, 11) is 0. The summed E-state index contributed by atoms with van der Waals surface area (Å²) in [5, 5.41) is 9.56. The predicted octanol–water partition coefficient (Wildman–Crippen LogP) is 2.73. The fourth-order valence-corrected chi connectivity index (χ4v) is 2.46. The fourth-order valence-electron chi connectivity index (χ4n) is 2.04. The molecule has 0 bridgehead atoms. The lowest BCUT2D eigenvalue weighted by Crippen LogP contribution is -2.36. The van der Waals surface area contributed by atoms with Crippen molar-refractivity contribution in [2.45, 2.75) is 26.2 Å². The van der Waals surface area contributed by atoms with Gasteiger partial charge >= 0.3 is 0 Å². The van der Waals surface area contributed by atoms with Crippen LogP contribution in [0.1, 0.15) is 25.3 Å². The zero-order valence-corrected chi connectivity index (χ0v) is 11.3. The lowest BCUT2D eigenvalue weighted by Gasteiger charge is -2.30. The zero-order chi connectivity index (χ0) is 12.0. The molecule has 0 saturated heterocycles. The minimum Gasteiger partial charge on any atom is -0.396 e. The Kier molecular flexibility index (Phi) is 5.46. The number of aliphatic hydroxyl groups is 1. The highest BCUT2D eigenvalue weighted by Gasteiger charge is 2.27. The van der Waals surface area contributed by atoms with E-state index in [1.807, 2.05) is 18.2 Å². The first-order valence-electron chi connectivity index (χ1n) is 5.72. The second-order valence-electron chi connectivity index (χ2n) is 4.38. The van der Waals surface area contributed by atoms with E-state index in [9.17, 15) is 5.11 Å². The van der Waals surface area contributed by atoms with E-state index in [0.29, 0.717) is 6.54 Å². The number of halogens is 1. The van der Waals surface area contributed by atoms with Gasteiger partial charge in [0.05, 0.1) is 6.61 Å². The van der Waals surface area contributed by atoms with Crippen molar-refractivity contribution in [3.8, 4) is 0 Å². The average molecular weight is 286 g/mol. The van der Waals surface area contributed by atoms with Crippen LogP contribution < -0.4 is 5.73 Å². The molecule has 3 N–H and O–H groups in total. The normalized spacial score (nSPS) is 14.8. The predicted molar refractivity (Wildman–Crippen MR) is 71.3 cm³/mol. The molecule has 90 valence electrons. The molecule has 0 aliphatic carbocycles. The van der Waals surface area contributed by atoms with Gasteiger partial charge in [-0.15, -0.1) is 0 Å². The zero-order valence-electron chi connectivity index (χ0n) is 9.75. The molecule has 0 spiro atoms. The van der Waals surface area contributed by atoms with Crippen LogP contribution in [0.15, 0.2) is 28.7 Å². The molecule has 0 amide bonds. The van der Waals surface area contributed by atoms with Crippen molar-refractivity contribution in [3.05, 3.63) is 34.3 Å². The van der Waals surface area contributed by atoms with Crippen LogP contribution in [0.5, 0.6) is 0 Å². The summed E-state index contributed by atoms with van der Waals surface area (Å²) in [5.41, 5.74) is 6.88. The van der Waals surface area contributed by atoms with E-state index in [1.54, 1.807) is 0 Å². The summed E-state index contributed by atoms with van der Waals surface area (Å²) >= 11 is 3.54. The first-order chi connectivity index (χ1) is 7.67. The van der Waals surface area contributed by atoms with Crippen molar-refractivity contribution in [3.63, 3.8) is 0 Å². The second kappa shape index (κ2) is 6.38. The standard InChI is InChI=1S/C13H20BrNO/c1-2-7-13(9-15,10-16)8-11-5-3-4-6-12(11)14/h3-6,16H,2,7-10,15H2,1H3. The highest BCUT2D eigenvalue weighted by Crippen LogP contribution is 2.30. The van der Waals surface area contributed by atoms with E-state index in [4.69, 9.17) is 5.73 Å². The van der Waals surface area contributed by atoms with Crippen LogP contribution in [0, 0.1) is 5.41 Å². The molecule has 0 aliphatic rings. The van der Waals surface area contributed by atoms with Gasteiger partial charge in [-0.1, -0.05) is 47.5 Å². The minimum absolute atomic E-state index is 0.151. The van der Waals surface area contributed by atoms with Crippen molar-refractivity contribution in [2.75, 3.05) is 13.2 Å². The van der Waals surface area contributed by atoms with E-state index in [-0.39, 0.29) is 12.0 Å². The number of hydrogen-bond donors (Lipinski definition) is 2. The third-order valence-corrected chi connectivity index (χ3v) is 3.85. The maximum absolute atomic E-state index is 9.56. The molecule has 1 aromatic carbocycles. The van der Waals surface area contributed by atoms with Crippen molar-refractivity contribution < 1.29 is 5.11 Å². The number of rotatable bonds is 6. The van der Waals surface area contributed by atoms with Gasteiger partial charge in [0.2, 0.25) is 0 Å². The van der Waals surface area contributed by atoms with E-state index < -0.39 is 0 Å². The van der Waals surface area contributed by atoms with Crippen LogP contribution in [0.25, 0.3) is 0 Å². The van der Waals surface area contributed by atoms with Gasteiger partial charge in [-0.2, -0.15) is 0 Å². The molecule has 0 heterocycles. The van der Waals surface area contributed by atoms with Crippen molar-refractivity contribution in [1.29, 1.82) is 0 Å². The van der Waals surface area contributed by atoms with Gasteiger partial charge in [-0.25, -0.2) is 0 Å². The summed E-state index contributed by atoms with van der Waals surface area (Å²) in [5.74, 6) is 0. The SMILES string of the molecule is CCCC(CN)(CO)Cc1ccccc1Br. The molecule has 2 nitrogen and oxygen atoms in total. The number of aliphatic hydroxyl groups excluding tert-OH is 1. The molecule has 1 unspecified atom stereocenters. The van der Waals surface area contributed by atoms with Crippen molar-refractivity contribution >= 4 is 15.9 Å². The van der Waals surface area contributed by atoms with E-state index >= 15 is 0 Å². The topological polar surface area (TPSA) is 46.2 Å². The van der Waals surface area contributed by atoms with Crippen LogP contribution in [0.4, 0.5) is 0 Å². The second-order valence-corrected chi connectivity index (χ2v) is 5.23. The number of benzene rings is 1. The number of hydrogen-bond acceptors (Lipinski definition) is 2. The van der Waals surface area contributed by atoms with Crippen LogP contribution >= 0.6 is 15.9 Å². The quantitative estimate of drug-likeness (QED) is 0.844. The molecular weight excluding hydrogens is 266 g/mol. The third kappa shape index (κ3) is 3.30. The largest absolute Gasteiger partial charge is 0.396 e. The van der Waals surface area contributed by atoms with Crippen molar-refractivity contribution in [2.24, 2.45) is 11.1 Å². The van der Waals surface area contributed by atoms with Crippen LogP contribution in [0.2, 0.25) is 0 Å². The molecule has 0 saturated carbocycles. The average Bonchev–Trinajstić information content (AvgIpc) is 2.31. The molecule has 0 radical (unpaired) electrons. The maximum Gasteiger partial charge on any atom is 0.0502 e. The van der Waals surface area contributed by atoms with E-state index in [0.717, 1.165) is 23.7 Å². The Morgan fingerprint density at radius 2 is 2.06 bits per heavy atom. The Morgan fingerprint density at radius 3 is 2.56 bits per heavy atom. The smallest absolute Gasteiger partial charge is 0.0502 e. The molecule has 0 fully saturated rings. The summed E-state index contributed by atoms with van der Waals surface area (Å²) in [6, 6.07) is 8.13. The van der Waals surface area contributed by atoms with Gasteiger partial charge in [-0.3, -0.25) is 0 Å². The monoisotopic (exact) mass is 285 g/mol. The van der Waals surface area contributed by atoms with E-state index in [1.165, 1.54) is 5.56 Å². The lowest BCUT2D eigenvalue weighted by atomic mass is 9.78. The Hall–Kier alpha value is -0.380. The summed E-state index contributed by atoms with van der Waals surface area (Å²) < 4.78 is 1.09.